The topological polar surface area (TPSA) is 106 Å². The third-order valence-electron chi connectivity index (χ3n) is 4.31. The molecule has 1 aromatic rings. The van der Waals surface area contributed by atoms with Crippen LogP contribution in [-0.4, -0.2) is 75.1 Å². The van der Waals surface area contributed by atoms with E-state index in [-0.39, 0.29) is 18.9 Å². The molecule has 0 bridgehead atoms. The zero-order valence-electron chi connectivity index (χ0n) is 14.0. The highest BCUT2D eigenvalue weighted by atomic mass is 19.1. The van der Waals surface area contributed by atoms with Crippen LogP contribution in [0.2, 0.25) is 0 Å². The van der Waals surface area contributed by atoms with Gasteiger partial charge in [-0.2, -0.15) is 4.39 Å². The Morgan fingerprint density at radius 2 is 2.20 bits per heavy atom. The molecule has 25 heavy (non-hydrogen) atoms. The van der Waals surface area contributed by atoms with Crippen molar-refractivity contribution in [3.8, 4) is 0 Å². The summed E-state index contributed by atoms with van der Waals surface area (Å²) in [4.78, 5) is 16.9. The number of carbonyl (C=O) groups excluding carboxylic acids is 1. The molecule has 1 fully saturated rings. The molecule has 138 valence electrons. The van der Waals surface area contributed by atoms with E-state index in [1.54, 1.807) is 30.0 Å². The molecule has 1 aliphatic heterocycles. The summed E-state index contributed by atoms with van der Waals surface area (Å²) in [5, 5.41) is 32.6. The van der Waals surface area contributed by atoms with Crippen LogP contribution in [0.5, 0.6) is 0 Å². The summed E-state index contributed by atoms with van der Waals surface area (Å²) in [6.45, 7) is 2.05. The molecule has 1 saturated heterocycles. The Morgan fingerprint density at radius 1 is 1.44 bits per heavy atom. The van der Waals surface area contributed by atoms with Gasteiger partial charge in [0.1, 0.15) is 6.10 Å². The molecule has 4 N–H and O–H groups in total. The van der Waals surface area contributed by atoms with Crippen LogP contribution in [0.4, 0.5) is 4.39 Å². The smallest absolute Gasteiger partial charge is 0.220 e. The Kier molecular flexibility index (Phi) is 7.01. The van der Waals surface area contributed by atoms with Gasteiger partial charge in [0, 0.05) is 25.7 Å². The van der Waals surface area contributed by atoms with E-state index in [1.165, 1.54) is 12.3 Å². The number of aromatic nitrogens is 1. The van der Waals surface area contributed by atoms with Crippen LogP contribution < -0.4 is 5.32 Å². The molecule has 0 saturated carbocycles. The zero-order chi connectivity index (χ0) is 18.4. The number of halogens is 1. The van der Waals surface area contributed by atoms with Crippen molar-refractivity contribution in [2.24, 2.45) is 0 Å². The van der Waals surface area contributed by atoms with Gasteiger partial charge in [0.25, 0.3) is 0 Å². The summed E-state index contributed by atoms with van der Waals surface area (Å²) < 4.78 is 12.8. The number of likely N-dealkylation sites (tertiary alicyclic amines) is 1. The fourth-order valence-electron chi connectivity index (χ4n) is 2.86. The van der Waals surface area contributed by atoms with Crippen molar-refractivity contribution in [1.29, 1.82) is 0 Å². The van der Waals surface area contributed by atoms with E-state index in [1.807, 2.05) is 0 Å². The van der Waals surface area contributed by atoms with Crippen molar-refractivity contribution in [2.45, 2.75) is 37.6 Å². The third kappa shape index (κ3) is 5.05. The number of hydrogen-bond acceptors (Lipinski definition) is 6. The number of rotatable bonds is 6. The van der Waals surface area contributed by atoms with E-state index in [4.69, 9.17) is 0 Å². The van der Waals surface area contributed by atoms with E-state index in [2.05, 4.69) is 10.3 Å². The molecule has 0 unspecified atom stereocenters. The Bertz CT molecular complexity index is 596. The second kappa shape index (κ2) is 9.00. The first-order chi connectivity index (χ1) is 12.0. The second-order valence-electron chi connectivity index (χ2n) is 6.03. The summed E-state index contributed by atoms with van der Waals surface area (Å²) in [6, 6.07) is 1.58. The molecule has 2 rings (SSSR count). The fourth-order valence-corrected chi connectivity index (χ4v) is 2.86. The number of piperidine rings is 1. The maximum Gasteiger partial charge on any atom is 0.220 e. The molecule has 1 amide bonds. The first-order valence-corrected chi connectivity index (χ1v) is 8.24. The highest BCUT2D eigenvalue weighted by molar-refractivity contribution is 5.76. The maximum absolute atomic E-state index is 12.8. The first kappa shape index (κ1) is 19.5. The van der Waals surface area contributed by atoms with Gasteiger partial charge < -0.3 is 20.6 Å². The van der Waals surface area contributed by atoms with Crippen molar-refractivity contribution in [2.75, 3.05) is 19.7 Å². The lowest BCUT2D eigenvalue weighted by atomic mass is 9.92. The average molecular weight is 353 g/mol. The number of amides is 1. The van der Waals surface area contributed by atoms with E-state index in [0.29, 0.717) is 13.1 Å². The van der Waals surface area contributed by atoms with Gasteiger partial charge in [-0.3, -0.25) is 9.69 Å². The number of pyridine rings is 1. The van der Waals surface area contributed by atoms with Crippen LogP contribution >= 0.6 is 0 Å². The molecular formula is C17H24FN3O4. The van der Waals surface area contributed by atoms with Gasteiger partial charge in [-0.1, -0.05) is 19.1 Å². The normalized spacial score (nSPS) is 27.6. The Labute approximate surface area is 145 Å². The predicted molar refractivity (Wildman–Crippen MR) is 89.9 cm³/mol. The number of nitrogens with zero attached hydrogens (tertiary/aromatic N) is 2. The predicted octanol–water partition coefficient (Wildman–Crippen LogP) is -0.473. The van der Waals surface area contributed by atoms with Crippen molar-refractivity contribution < 1.29 is 24.5 Å². The van der Waals surface area contributed by atoms with E-state index in [0.717, 1.165) is 5.56 Å². The minimum atomic E-state index is -1.18. The van der Waals surface area contributed by atoms with Crippen LogP contribution in [0.1, 0.15) is 18.9 Å². The van der Waals surface area contributed by atoms with Crippen LogP contribution in [0, 0.1) is 5.95 Å². The van der Waals surface area contributed by atoms with Crippen LogP contribution in [-0.2, 0) is 4.79 Å². The van der Waals surface area contributed by atoms with Crippen molar-refractivity contribution in [3.63, 3.8) is 0 Å². The largest absolute Gasteiger partial charge is 0.395 e. The van der Waals surface area contributed by atoms with Gasteiger partial charge in [0.05, 0.1) is 24.8 Å². The molecule has 1 aromatic heterocycles. The summed E-state index contributed by atoms with van der Waals surface area (Å²) in [7, 11) is 0. The highest BCUT2D eigenvalue weighted by Crippen LogP contribution is 2.19. The number of carbonyl (C=O) groups is 1. The Morgan fingerprint density at radius 3 is 2.80 bits per heavy atom. The van der Waals surface area contributed by atoms with Gasteiger partial charge in [-0.15, -0.1) is 0 Å². The number of hydrogen-bond donors (Lipinski definition) is 4. The second-order valence-corrected chi connectivity index (χ2v) is 6.03. The molecule has 0 spiro atoms. The summed E-state index contributed by atoms with van der Waals surface area (Å²) in [5.41, 5.74) is 0.718. The average Bonchev–Trinajstić information content (AvgIpc) is 2.61. The van der Waals surface area contributed by atoms with E-state index >= 15 is 0 Å². The SMILES string of the molecule is CCC(=O)N[C@H]1CN(C/C=C/c2ccc(F)nc2)[C@H](CO)[C@@H](O)[C@@H]1O. The Hall–Kier alpha value is -1.87. The van der Waals surface area contributed by atoms with Crippen molar-refractivity contribution in [3.05, 3.63) is 35.9 Å². The minimum absolute atomic E-state index is 0.216. The Balaban J connectivity index is 2.04. The molecule has 4 atom stereocenters. The van der Waals surface area contributed by atoms with Gasteiger partial charge in [-0.05, 0) is 17.7 Å². The molecule has 8 heteroatoms. The van der Waals surface area contributed by atoms with E-state index in [9.17, 15) is 24.5 Å². The van der Waals surface area contributed by atoms with Crippen molar-refractivity contribution in [1.82, 2.24) is 15.2 Å². The van der Waals surface area contributed by atoms with Gasteiger partial charge in [0.2, 0.25) is 11.9 Å². The molecule has 1 aliphatic rings. The quantitative estimate of drug-likeness (QED) is 0.515. The lowest BCUT2D eigenvalue weighted by molar-refractivity contribution is -0.129. The molecule has 2 heterocycles. The standard InChI is InChI=1S/C17H24FN3O4/c1-2-15(23)20-12-9-21(13(10-22)17(25)16(12)24)7-3-4-11-5-6-14(18)19-8-11/h3-6,8,12-13,16-17,22,24-25H,2,7,9-10H2,1H3,(H,20,23)/b4-3+/t12-,13+,16+,17+/m0/s1. The van der Waals surface area contributed by atoms with Crippen LogP contribution in [0.3, 0.4) is 0 Å². The van der Waals surface area contributed by atoms with Gasteiger partial charge >= 0.3 is 0 Å². The minimum Gasteiger partial charge on any atom is -0.395 e. The van der Waals surface area contributed by atoms with E-state index < -0.39 is 30.2 Å². The van der Waals surface area contributed by atoms with Gasteiger partial charge in [-0.25, -0.2) is 4.98 Å². The monoisotopic (exact) mass is 353 g/mol. The molecule has 7 nitrogen and oxygen atoms in total. The van der Waals surface area contributed by atoms with Crippen LogP contribution in [0.15, 0.2) is 24.4 Å². The van der Waals surface area contributed by atoms with Crippen molar-refractivity contribution >= 4 is 12.0 Å². The number of aliphatic hydroxyl groups excluding tert-OH is 3. The van der Waals surface area contributed by atoms with Gasteiger partial charge in [0.15, 0.2) is 0 Å². The molecular weight excluding hydrogens is 329 g/mol. The molecule has 0 aliphatic carbocycles. The lowest BCUT2D eigenvalue weighted by Crippen LogP contribution is -2.66. The summed E-state index contributed by atoms with van der Waals surface area (Å²) in [6.07, 6.45) is 2.89. The maximum atomic E-state index is 12.8. The number of nitrogens with one attached hydrogen (secondary N) is 1. The first-order valence-electron chi connectivity index (χ1n) is 8.24. The number of aliphatic hydroxyl groups is 3. The summed E-state index contributed by atoms with van der Waals surface area (Å²) >= 11 is 0. The molecule has 0 radical (unpaired) electrons. The summed E-state index contributed by atoms with van der Waals surface area (Å²) in [5.74, 6) is -0.772. The third-order valence-corrected chi connectivity index (χ3v) is 4.31. The van der Waals surface area contributed by atoms with Crippen LogP contribution in [0.25, 0.3) is 6.08 Å². The fraction of sp³-hybridized carbons (Fsp3) is 0.529. The lowest BCUT2D eigenvalue weighted by Gasteiger charge is -2.44. The molecule has 0 aromatic carbocycles. The zero-order valence-corrected chi connectivity index (χ0v) is 14.0. The highest BCUT2D eigenvalue weighted by Gasteiger charge is 2.41.